The molecule has 1 aromatic heterocycles. The normalized spacial score (nSPS) is 32.9. The van der Waals surface area contributed by atoms with Crippen molar-refractivity contribution in [3.63, 3.8) is 0 Å². The van der Waals surface area contributed by atoms with Gasteiger partial charge in [0.2, 0.25) is 0 Å². The number of carbonyl (C=O) groups excluding carboxylic acids is 2. The summed E-state index contributed by atoms with van der Waals surface area (Å²) in [7, 11) is 1.93. The molecular formula is C18H25N3O2. The molecule has 0 unspecified atom stereocenters. The van der Waals surface area contributed by atoms with E-state index in [0.29, 0.717) is 11.2 Å². The molecule has 0 N–H and O–H groups in total. The van der Waals surface area contributed by atoms with Crippen LogP contribution in [0, 0.1) is 10.8 Å². The fraction of sp³-hybridized carbons (Fsp3) is 0.722. The van der Waals surface area contributed by atoms with Crippen molar-refractivity contribution in [2.45, 2.75) is 51.5 Å². The van der Waals surface area contributed by atoms with Gasteiger partial charge in [-0.1, -0.05) is 0 Å². The molecule has 124 valence electrons. The maximum absolute atomic E-state index is 11.4. The minimum absolute atomic E-state index is 0.0227. The van der Waals surface area contributed by atoms with Crippen molar-refractivity contribution < 1.29 is 9.59 Å². The van der Waals surface area contributed by atoms with Crippen LogP contribution >= 0.6 is 0 Å². The van der Waals surface area contributed by atoms with Crippen molar-refractivity contribution in [2.75, 3.05) is 13.1 Å². The summed E-state index contributed by atoms with van der Waals surface area (Å²) in [5.74, 6) is 0.540. The van der Waals surface area contributed by atoms with Gasteiger partial charge in [-0.3, -0.25) is 9.69 Å². The number of rotatable bonds is 5. The average molecular weight is 315 g/mol. The molecule has 2 fully saturated rings. The summed E-state index contributed by atoms with van der Waals surface area (Å²) in [5, 5.41) is 0. The zero-order chi connectivity index (χ0) is 16.1. The van der Waals surface area contributed by atoms with Crippen molar-refractivity contribution >= 4 is 12.6 Å². The van der Waals surface area contributed by atoms with Crippen molar-refractivity contribution in [1.82, 2.24) is 14.5 Å². The highest BCUT2D eigenvalue weighted by molar-refractivity contribution is 5.70. The van der Waals surface area contributed by atoms with Crippen LogP contribution in [-0.2, 0) is 24.8 Å². The van der Waals surface area contributed by atoms with Crippen LogP contribution in [-0.4, -0.2) is 40.1 Å². The van der Waals surface area contributed by atoms with Crippen molar-refractivity contribution in [1.29, 1.82) is 0 Å². The van der Waals surface area contributed by atoms with Crippen LogP contribution in [0.3, 0.4) is 0 Å². The summed E-state index contributed by atoms with van der Waals surface area (Å²) in [5.41, 5.74) is 2.72. The molecule has 1 aliphatic heterocycles. The van der Waals surface area contributed by atoms with Gasteiger partial charge in [0.15, 0.2) is 12.1 Å². The van der Waals surface area contributed by atoms with Crippen LogP contribution in [0.1, 0.15) is 60.5 Å². The van der Waals surface area contributed by atoms with Gasteiger partial charge in [0.25, 0.3) is 0 Å². The molecule has 2 saturated carbocycles. The van der Waals surface area contributed by atoms with E-state index in [-0.39, 0.29) is 5.41 Å². The maximum Gasteiger partial charge on any atom is 0.185 e. The fourth-order valence-electron chi connectivity index (χ4n) is 5.17. The average Bonchev–Trinajstić information content (AvgIpc) is 3.24. The van der Waals surface area contributed by atoms with E-state index in [4.69, 9.17) is 0 Å². The highest BCUT2D eigenvalue weighted by Gasteiger charge is 2.53. The topological polar surface area (TPSA) is 55.2 Å². The predicted molar refractivity (Wildman–Crippen MR) is 86.2 cm³/mol. The Morgan fingerprint density at radius 3 is 2.65 bits per heavy atom. The smallest absolute Gasteiger partial charge is 0.185 e. The van der Waals surface area contributed by atoms with Crippen molar-refractivity contribution in [3.05, 3.63) is 17.2 Å². The SMILES string of the molecule is Cn1c(C=O)nc2c1CCN(CCC13CCC(C=O)(CC1)C3)C2. The van der Waals surface area contributed by atoms with Gasteiger partial charge in [-0.05, 0) is 50.5 Å². The Balaban J connectivity index is 1.40. The van der Waals surface area contributed by atoms with Crippen LogP contribution in [0.5, 0.6) is 0 Å². The van der Waals surface area contributed by atoms with E-state index in [0.717, 1.165) is 57.3 Å². The molecule has 2 heterocycles. The Morgan fingerprint density at radius 2 is 2.00 bits per heavy atom. The lowest BCUT2D eigenvalue weighted by molar-refractivity contribution is -0.115. The second kappa shape index (κ2) is 5.26. The number of hydrogen-bond acceptors (Lipinski definition) is 4. The quantitative estimate of drug-likeness (QED) is 0.781. The summed E-state index contributed by atoms with van der Waals surface area (Å²) in [4.78, 5) is 29.4. The standard InChI is InChI=1S/C18H25N3O2/c1-20-15-2-8-21(10-14(15)19-16(20)11-22)9-7-17-3-5-18(12-17,13-23)6-4-17/h11,13H,2-10,12H2,1H3. The number of fused-ring (bicyclic) bond motifs is 3. The lowest BCUT2D eigenvalue weighted by atomic mass is 9.80. The maximum atomic E-state index is 11.4. The second-order valence-corrected chi connectivity index (χ2v) is 7.97. The van der Waals surface area contributed by atoms with Gasteiger partial charge < -0.3 is 9.36 Å². The summed E-state index contributed by atoms with van der Waals surface area (Å²) in [6.45, 7) is 2.98. The molecule has 0 amide bonds. The summed E-state index contributed by atoms with van der Waals surface area (Å²) < 4.78 is 1.94. The number of aldehydes is 2. The minimum Gasteiger partial charge on any atom is -0.329 e. The minimum atomic E-state index is 0.0227. The lowest BCUT2D eigenvalue weighted by Gasteiger charge is -2.32. The Bertz CT molecular complexity index is 641. The van der Waals surface area contributed by atoms with Crippen LogP contribution < -0.4 is 0 Å². The largest absolute Gasteiger partial charge is 0.329 e. The molecule has 0 radical (unpaired) electrons. The van der Waals surface area contributed by atoms with Crippen LogP contribution in [0.15, 0.2) is 0 Å². The number of carbonyl (C=O) groups is 2. The summed E-state index contributed by atoms with van der Waals surface area (Å²) >= 11 is 0. The highest BCUT2D eigenvalue weighted by atomic mass is 16.1. The molecule has 4 rings (SSSR count). The first-order chi connectivity index (χ1) is 11.1. The summed E-state index contributed by atoms with van der Waals surface area (Å²) in [6, 6.07) is 0. The van der Waals surface area contributed by atoms with E-state index in [1.807, 2.05) is 11.6 Å². The third-order valence-corrected chi connectivity index (χ3v) is 6.72. The molecule has 3 aliphatic rings. The van der Waals surface area contributed by atoms with Gasteiger partial charge in [-0.25, -0.2) is 4.98 Å². The first kappa shape index (κ1) is 15.1. The van der Waals surface area contributed by atoms with Crippen molar-refractivity contribution in [3.8, 4) is 0 Å². The van der Waals surface area contributed by atoms with E-state index in [1.165, 1.54) is 31.2 Å². The monoisotopic (exact) mass is 315 g/mol. The van der Waals surface area contributed by atoms with Crippen LogP contribution in [0.4, 0.5) is 0 Å². The fourth-order valence-corrected chi connectivity index (χ4v) is 5.17. The third kappa shape index (κ3) is 2.36. The molecule has 0 atom stereocenters. The molecule has 0 aromatic carbocycles. The number of nitrogens with zero attached hydrogens (tertiary/aromatic N) is 3. The Hall–Kier alpha value is -1.49. The van der Waals surface area contributed by atoms with E-state index >= 15 is 0 Å². The first-order valence-corrected chi connectivity index (χ1v) is 8.77. The third-order valence-electron chi connectivity index (χ3n) is 6.72. The number of imidazole rings is 1. The molecule has 5 heteroatoms. The Kier molecular flexibility index (Phi) is 3.45. The zero-order valence-electron chi connectivity index (χ0n) is 13.9. The molecule has 2 bridgehead atoms. The molecule has 0 saturated heterocycles. The van der Waals surface area contributed by atoms with Crippen LogP contribution in [0.25, 0.3) is 0 Å². The van der Waals surface area contributed by atoms with Crippen LogP contribution in [0.2, 0.25) is 0 Å². The summed E-state index contributed by atoms with van der Waals surface area (Å²) in [6.07, 6.45) is 10.0. The van der Waals surface area contributed by atoms with E-state index in [2.05, 4.69) is 9.88 Å². The van der Waals surface area contributed by atoms with E-state index in [1.54, 1.807) is 0 Å². The second-order valence-electron chi connectivity index (χ2n) is 7.97. The molecular weight excluding hydrogens is 290 g/mol. The predicted octanol–water partition coefficient (Wildman–Crippen LogP) is 2.13. The molecule has 5 nitrogen and oxygen atoms in total. The van der Waals surface area contributed by atoms with Gasteiger partial charge in [0.05, 0.1) is 5.69 Å². The number of hydrogen-bond donors (Lipinski definition) is 0. The molecule has 1 aromatic rings. The van der Waals surface area contributed by atoms with E-state index in [9.17, 15) is 9.59 Å². The first-order valence-electron chi connectivity index (χ1n) is 8.77. The lowest BCUT2D eigenvalue weighted by Crippen LogP contribution is -2.34. The van der Waals surface area contributed by atoms with Gasteiger partial charge in [-0.15, -0.1) is 0 Å². The van der Waals surface area contributed by atoms with Gasteiger partial charge in [0, 0.05) is 37.7 Å². The van der Waals surface area contributed by atoms with Crippen molar-refractivity contribution in [2.24, 2.45) is 17.9 Å². The van der Waals surface area contributed by atoms with Gasteiger partial charge in [0.1, 0.15) is 6.29 Å². The Labute approximate surface area is 137 Å². The van der Waals surface area contributed by atoms with E-state index < -0.39 is 0 Å². The molecule has 23 heavy (non-hydrogen) atoms. The van der Waals surface area contributed by atoms with Gasteiger partial charge in [-0.2, -0.15) is 0 Å². The molecule has 2 aliphatic carbocycles. The van der Waals surface area contributed by atoms with Gasteiger partial charge >= 0.3 is 0 Å². The molecule has 0 spiro atoms. The zero-order valence-corrected chi connectivity index (χ0v) is 13.9. The Morgan fingerprint density at radius 1 is 1.22 bits per heavy atom. The highest BCUT2D eigenvalue weighted by Crippen LogP contribution is 2.62. The number of aromatic nitrogens is 2.